The summed E-state index contributed by atoms with van der Waals surface area (Å²) in [5.41, 5.74) is -0.625. The lowest BCUT2D eigenvalue weighted by atomic mass is 9.65. The molecule has 1 amide bonds. The number of carbonyl (C=O) groups is 1. The zero-order valence-corrected chi connectivity index (χ0v) is 12.6. The summed E-state index contributed by atoms with van der Waals surface area (Å²) in [7, 11) is 1.60. The van der Waals surface area contributed by atoms with Crippen LogP contribution < -0.4 is 10.1 Å². The maximum atomic E-state index is 12.3. The van der Waals surface area contributed by atoms with Gasteiger partial charge < -0.3 is 15.2 Å². The van der Waals surface area contributed by atoms with E-state index in [1.54, 1.807) is 33.1 Å². The average molecular weight is 277 g/mol. The van der Waals surface area contributed by atoms with Gasteiger partial charge in [-0.15, -0.1) is 0 Å². The molecule has 2 N–H and O–H groups in total. The minimum atomic E-state index is -1.17. The lowest BCUT2D eigenvalue weighted by Gasteiger charge is -2.46. The van der Waals surface area contributed by atoms with Gasteiger partial charge in [0.15, 0.2) is 0 Å². The molecule has 0 fully saturated rings. The lowest BCUT2D eigenvalue weighted by molar-refractivity contribution is -0.146. The fourth-order valence-corrected chi connectivity index (χ4v) is 2.78. The van der Waals surface area contributed by atoms with E-state index in [0.717, 1.165) is 18.4 Å². The van der Waals surface area contributed by atoms with Crippen molar-refractivity contribution in [2.45, 2.75) is 45.6 Å². The van der Waals surface area contributed by atoms with Crippen molar-refractivity contribution in [2.75, 3.05) is 12.4 Å². The average Bonchev–Trinajstić information content (AvgIpc) is 2.43. The van der Waals surface area contributed by atoms with Crippen LogP contribution in [0.5, 0.6) is 5.75 Å². The smallest absolute Gasteiger partial charge is 0.233 e. The Balaban J connectivity index is 2.58. The number of aliphatic hydroxyl groups is 1. The number of unbranched alkanes of at least 4 members (excludes halogenated alkanes) is 1. The zero-order chi connectivity index (χ0) is 15.0. The minimum Gasteiger partial charge on any atom is -0.497 e. The second-order valence-corrected chi connectivity index (χ2v) is 5.95. The lowest BCUT2D eigenvalue weighted by Crippen LogP contribution is -2.53. The van der Waals surface area contributed by atoms with Crippen LogP contribution in [0.4, 0.5) is 5.69 Å². The number of benzene rings is 1. The largest absolute Gasteiger partial charge is 0.497 e. The van der Waals surface area contributed by atoms with Crippen LogP contribution in [0.3, 0.4) is 0 Å². The van der Waals surface area contributed by atoms with E-state index >= 15 is 0 Å². The van der Waals surface area contributed by atoms with Crippen molar-refractivity contribution in [1.29, 1.82) is 0 Å². The van der Waals surface area contributed by atoms with Crippen LogP contribution in [-0.2, 0) is 10.4 Å². The molecule has 0 saturated heterocycles. The third kappa shape index (κ3) is 2.08. The van der Waals surface area contributed by atoms with Crippen LogP contribution in [0, 0.1) is 5.41 Å². The molecule has 110 valence electrons. The van der Waals surface area contributed by atoms with E-state index < -0.39 is 11.0 Å². The van der Waals surface area contributed by atoms with Gasteiger partial charge in [0.1, 0.15) is 11.4 Å². The molecule has 0 spiro atoms. The molecule has 2 rings (SSSR count). The number of fused-ring (bicyclic) bond motifs is 1. The number of anilines is 1. The van der Waals surface area contributed by atoms with Gasteiger partial charge in [-0.05, 0) is 38.5 Å². The Morgan fingerprint density at radius 3 is 2.65 bits per heavy atom. The second-order valence-electron chi connectivity index (χ2n) is 5.95. The predicted molar refractivity (Wildman–Crippen MR) is 78.8 cm³/mol. The number of methoxy groups -OCH3 is 1. The standard InChI is InChI=1S/C16H23NO3/c1-5-6-9-16(19)12-10-11(20-4)7-8-13(12)17-14(18)15(16,2)3/h7-8,10,19H,5-6,9H2,1-4H3,(H,17,18). The third-order valence-electron chi connectivity index (χ3n) is 4.41. The number of amides is 1. The van der Waals surface area contributed by atoms with Gasteiger partial charge in [-0.3, -0.25) is 4.79 Å². The number of nitrogens with one attached hydrogen (secondary N) is 1. The fourth-order valence-electron chi connectivity index (χ4n) is 2.78. The minimum absolute atomic E-state index is 0.145. The first-order chi connectivity index (χ1) is 9.36. The Kier molecular flexibility index (Phi) is 3.78. The summed E-state index contributed by atoms with van der Waals surface area (Å²) >= 11 is 0. The van der Waals surface area contributed by atoms with Crippen molar-refractivity contribution in [3.8, 4) is 5.75 Å². The van der Waals surface area contributed by atoms with Gasteiger partial charge in [-0.2, -0.15) is 0 Å². The molecule has 1 aromatic rings. The molecule has 4 nitrogen and oxygen atoms in total. The number of carbonyl (C=O) groups excluding carboxylic acids is 1. The van der Waals surface area contributed by atoms with E-state index in [0.29, 0.717) is 17.9 Å². The number of hydrogen-bond acceptors (Lipinski definition) is 3. The van der Waals surface area contributed by atoms with E-state index in [2.05, 4.69) is 12.2 Å². The highest BCUT2D eigenvalue weighted by Crippen LogP contribution is 2.50. The van der Waals surface area contributed by atoms with Crippen molar-refractivity contribution in [3.05, 3.63) is 23.8 Å². The number of hydrogen-bond donors (Lipinski definition) is 2. The first kappa shape index (κ1) is 14.9. The summed E-state index contributed by atoms with van der Waals surface area (Å²) in [4.78, 5) is 12.3. The van der Waals surface area contributed by atoms with Crippen LogP contribution in [0.1, 0.15) is 45.6 Å². The fraction of sp³-hybridized carbons (Fsp3) is 0.562. The van der Waals surface area contributed by atoms with E-state index in [9.17, 15) is 9.90 Å². The van der Waals surface area contributed by atoms with E-state index in [1.165, 1.54) is 0 Å². The Morgan fingerprint density at radius 1 is 1.35 bits per heavy atom. The summed E-state index contributed by atoms with van der Waals surface area (Å²) in [5, 5.41) is 14.1. The molecule has 1 aliphatic heterocycles. The topological polar surface area (TPSA) is 58.6 Å². The monoisotopic (exact) mass is 277 g/mol. The van der Waals surface area contributed by atoms with Crippen LogP contribution in [0.25, 0.3) is 0 Å². The quantitative estimate of drug-likeness (QED) is 0.889. The molecule has 1 unspecified atom stereocenters. The van der Waals surface area contributed by atoms with Crippen LogP contribution in [-0.4, -0.2) is 18.1 Å². The molecule has 0 aromatic heterocycles. The molecule has 20 heavy (non-hydrogen) atoms. The normalized spacial score (nSPS) is 23.9. The molecule has 1 aliphatic rings. The van der Waals surface area contributed by atoms with Gasteiger partial charge in [0.2, 0.25) is 5.91 Å². The molecule has 4 heteroatoms. The van der Waals surface area contributed by atoms with Crippen molar-refractivity contribution in [3.63, 3.8) is 0 Å². The van der Waals surface area contributed by atoms with Gasteiger partial charge in [0, 0.05) is 11.3 Å². The van der Waals surface area contributed by atoms with Crippen molar-refractivity contribution < 1.29 is 14.6 Å². The summed E-state index contributed by atoms with van der Waals surface area (Å²) < 4.78 is 5.25. The van der Waals surface area contributed by atoms with E-state index in [-0.39, 0.29) is 5.91 Å². The van der Waals surface area contributed by atoms with Gasteiger partial charge in [-0.25, -0.2) is 0 Å². The van der Waals surface area contributed by atoms with Crippen molar-refractivity contribution in [1.82, 2.24) is 0 Å². The van der Waals surface area contributed by atoms with Gasteiger partial charge in [0.05, 0.1) is 12.5 Å². The number of rotatable bonds is 4. The predicted octanol–water partition coefficient (Wildman–Crippen LogP) is 3.05. The molecule has 0 radical (unpaired) electrons. The molecular weight excluding hydrogens is 254 g/mol. The summed E-state index contributed by atoms with van der Waals surface area (Å²) in [6.45, 7) is 5.66. The van der Waals surface area contributed by atoms with E-state index in [1.807, 2.05) is 6.07 Å². The van der Waals surface area contributed by atoms with E-state index in [4.69, 9.17) is 4.74 Å². The molecule has 0 aliphatic carbocycles. The molecular formula is C16H23NO3. The maximum absolute atomic E-state index is 12.3. The van der Waals surface area contributed by atoms with Gasteiger partial charge >= 0.3 is 0 Å². The van der Waals surface area contributed by atoms with Crippen LogP contribution in [0.2, 0.25) is 0 Å². The summed E-state index contributed by atoms with van der Waals surface area (Å²) in [5.74, 6) is 0.541. The highest BCUT2D eigenvalue weighted by atomic mass is 16.5. The molecule has 0 saturated carbocycles. The van der Waals surface area contributed by atoms with Crippen LogP contribution in [0.15, 0.2) is 18.2 Å². The maximum Gasteiger partial charge on any atom is 0.233 e. The summed E-state index contributed by atoms with van der Waals surface area (Å²) in [6, 6.07) is 5.40. The molecule has 1 atom stereocenters. The van der Waals surface area contributed by atoms with Gasteiger partial charge in [-0.1, -0.05) is 19.8 Å². The Labute approximate surface area is 120 Å². The third-order valence-corrected chi connectivity index (χ3v) is 4.41. The number of ether oxygens (including phenoxy) is 1. The zero-order valence-electron chi connectivity index (χ0n) is 12.6. The highest BCUT2D eigenvalue weighted by Gasteiger charge is 2.53. The Hall–Kier alpha value is -1.55. The molecule has 1 heterocycles. The highest BCUT2D eigenvalue weighted by molar-refractivity contribution is 5.99. The molecule has 1 aromatic carbocycles. The summed E-state index contributed by atoms with van der Waals surface area (Å²) in [6.07, 6.45) is 2.40. The Morgan fingerprint density at radius 2 is 2.05 bits per heavy atom. The van der Waals surface area contributed by atoms with Crippen molar-refractivity contribution >= 4 is 11.6 Å². The second kappa shape index (κ2) is 5.09. The first-order valence-electron chi connectivity index (χ1n) is 7.09. The van der Waals surface area contributed by atoms with Gasteiger partial charge in [0.25, 0.3) is 0 Å². The van der Waals surface area contributed by atoms with Crippen LogP contribution >= 0.6 is 0 Å². The SMILES string of the molecule is CCCCC1(O)c2cc(OC)ccc2NC(=O)C1(C)C. The molecule has 0 bridgehead atoms. The van der Waals surface area contributed by atoms with Crippen molar-refractivity contribution in [2.24, 2.45) is 5.41 Å². The first-order valence-corrected chi connectivity index (χ1v) is 7.09. The Bertz CT molecular complexity index is 524.